The number of carbonyl (C=O) groups excluding carboxylic acids is 1. The number of carboxylic acids is 1. The maximum absolute atomic E-state index is 12.3. The maximum Gasteiger partial charge on any atom is 0.326 e. The van der Waals surface area contributed by atoms with Gasteiger partial charge in [-0.05, 0) is 38.3 Å². The molecule has 2 rings (SSSR count). The zero-order chi connectivity index (χ0) is 12.4. The Balaban J connectivity index is 2.02. The van der Waals surface area contributed by atoms with E-state index in [4.69, 9.17) is 5.11 Å². The minimum atomic E-state index is -0.864. The van der Waals surface area contributed by atoms with Gasteiger partial charge in [0, 0.05) is 12.5 Å². The van der Waals surface area contributed by atoms with Crippen LogP contribution in [0.15, 0.2) is 0 Å². The van der Waals surface area contributed by atoms with Crippen molar-refractivity contribution in [2.45, 2.75) is 32.2 Å². The van der Waals surface area contributed by atoms with Crippen LogP contribution >= 0.6 is 0 Å². The average Bonchev–Trinajstić information content (AvgIpc) is 2.25. The van der Waals surface area contributed by atoms with Gasteiger partial charge >= 0.3 is 5.97 Å². The Morgan fingerprint density at radius 1 is 1.35 bits per heavy atom. The van der Waals surface area contributed by atoms with Crippen LogP contribution in [0.2, 0.25) is 0 Å². The second-order valence-corrected chi connectivity index (χ2v) is 5.09. The van der Waals surface area contributed by atoms with Crippen LogP contribution in [0.4, 0.5) is 0 Å². The van der Waals surface area contributed by atoms with Gasteiger partial charge in [-0.25, -0.2) is 4.79 Å². The van der Waals surface area contributed by atoms with Crippen molar-refractivity contribution in [2.24, 2.45) is 11.8 Å². The SMILES string of the molecule is CC(C(=O)N1CCCC[C@H]1C(=O)O)C1CNC1. The molecule has 1 unspecified atom stereocenters. The minimum absolute atomic E-state index is 0.0172. The fourth-order valence-electron chi connectivity index (χ4n) is 2.58. The number of likely N-dealkylation sites (tertiary alicyclic amines) is 1. The van der Waals surface area contributed by atoms with E-state index in [1.165, 1.54) is 0 Å². The fraction of sp³-hybridized carbons (Fsp3) is 0.833. The van der Waals surface area contributed by atoms with E-state index in [0.717, 1.165) is 25.9 Å². The van der Waals surface area contributed by atoms with E-state index < -0.39 is 12.0 Å². The third-order valence-electron chi connectivity index (χ3n) is 3.98. The second-order valence-electron chi connectivity index (χ2n) is 5.09. The number of rotatable bonds is 3. The molecule has 0 aliphatic carbocycles. The van der Waals surface area contributed by atoms with Crippen molar-refractivity contribution in [2.75, 3.05) is 19.6 Å². The van der Waals surface area contributed by atoms with Crippen LogP contribution in [0.3, 0.4) is 0 Å². The molecule has 0 bridgehead atoms. The van der Waals surface area contributed by atoms with E-state index in [-0.39, 0.29) is 11.8 Å². The molecule has 2 aliphatic rings. The number of nitrogens with zero attached hydrogens (tertiary/aromatic N) is 1. The van der Waals surface area contributed by atoms with Gasteiger partial charge in [-0.1, -0.05) is 6.92 Å². The Hall–Kier alpha value is -1.10. The highest BCUT2D eigenvalue weighted by molar-refractivity contribution is 5.85. The Morgan fingerprint density at radius 2 is 2.06 bits per heavy atom. The van der Waals surface area contributed by atoms with Gasteiger partial charge in [-0.15, -0.1) is 0 Å². The van der Waals surface area contributed by atoms with E-state index in [0.29, 0.717) is 18.9 Å². The number of amides is 1. The summed E-state index contributed by atoms with van der Waals surface area (Å²) >= 11 is 0. The van der Waals surface area contributed by atoms with Crippen molar-refractivity contribution in [3.8, 4) is 0 Å². The highest BCUT2D eigenvalue weighted by atomic mass is 16.4. The summed E-state index contributed by atoms with van der Waals surface area (Å²) in [5.74, 6) is -0.532. The Bertz CT molecular complexity index is 315. The Morgan fingerprint density at radius 3 is 2.59 bits per heavy atom. The first-order chi connectivity index (χ1) is 8.11. The van der Waals surface area contributed by atoms with E-state index in [1.807, 2.05) is 6.92 Å². The molecule has 17 heavy (non-hydrogen) atoms. The summed E-state index contributed by atoms with van der Waals surface area (Å²) in [6.07, 6.45) is 2.42. The number of carboxylic acid groups (broad SMARTS) is 1. The van der Waals surface area contributed by atoms with Crippen LogP contribution in [0.25, 0.3) is 0 Å². The summed E-state index contributed by atoms with van der Waals surface area (Å²) in [4.78, 5) is 25.0. The molecule has 0 aromatic heterocycles. The number of hydrogen-bond donors (Lipinski definition) is 2. The van der Waals surface area contributed by atoms with Gasteiger partial charge in [-0.2, -0.15) is 0 Å². The lowest BCUT2D eigenvalue weighted by Gasteiger charge is -2.39. The number of hydrogen-bond acceptors (Lipinski definition) is 3. The summed E-state index contributed by atoms with van der Waals surface area (Å²) in [5, 5.41) is 12.3. The van der Waals surface area contributed by atoms with Gasteiger partial charge < -0.3 is 15.3 Å². The molecule has 0 saturated carbocycles. The molecule has 96 valence electrons. The molecule has 5 heteroatoms. The monoisotopic (exact) mass is 240 g/mol. The van der Waals surface area contributed by atoms with E-state index in [9.17, 15) is 9.59 Å². The quantitative estimate of drug-likeness (QED) is 0.745. The molecule has 5 nitrogen and oxygen atoms in total. The molecule has 2 atom stereocenters. The van der Waals surface area contributed by atoms with Crippen LogP contribution in [-0.2, 0) is 9.59 Å². The van der Waals surface area contributed by atoms with Gasteiger partial charge in [0.25, 0.3) is 0 Å². The zero-order valence-electron chi connectivity index (χ0n) is 10.2. The zero-order valence-corrected chi connectivity index (χ0v) is 10.2. The molecule has 2 fully saturated rings. The molecule has 1 amide bonds. The third-order valence-corrected chi connectivity index (χ3v) is 3.98. The van der Waals surface area contributed by atoms with Crippen LogP contribution in [0.1, 0.15) is 26.2 Å². The summed E-state index contributed by atoms with van der Waals surface area (Å²) in [5.41, 5.74) is 0. The van der Waals surface area contributed by atoms with Gasteiger partial charge in [0.05, 0.1) is 0 Å². The van der Waals surface area contributed by atoms with Crippen molar-refractivity contribution >= 4 is 11.9 Å². The number of carbonyl (C=O) groups is 2. The average molecular weight is 240 g/mol. The lowest BCUT2D eigenvalue weighted by molar-refractivity contribution is -0.154. The van der Waals surface area contributed by atoms with E-state index >= 15 is 0 Å². The number of aliphatic carboxylic acids is 1. The van der Waals surface area contributed by atoms with Crippen molar-refractivity contribution < 1.29 is 14.7 Å². The number of nitrogens with one attached hydrogen (secondary N) is 1. The fourth-order valence-corrected chi connectivity index (χ4v) is 2.58. The molecule has 0 spiro atoms. The van der Waals surface area contributed by atoms with Crippen LogP contribution in [0, 0.1) is 11.8 Å². The van der Waals surface area contributed by atoms with Crippen molar-refractivity contribution in [3.05, 3.63) is 0 Å². The lowest BCUT2D eigenvalue weighted by Crippen LogP contribution is -2.54. The highest BCUT2D eigenvalue weighted by Crippen LogP contribution is 2.24. The topological polar surface area (TPSA) is 69.6 Å². The predicted molar refractivity (Wildman–Crippen MR) is 62.5 cm³/mol. The van der Waals surface area contributed by atoms with Crippen molar-refractivity contribution in [1.82, 2.24) is 10.2 Å². The Labute approximate surface area is 101 Å². The summed E-state index contributed by atoms with van der Waals surface area (Å²) in [6.45, 7) is 4.26. The van der Waals surface area contributed by atoms with E-state index in [1.54, 1.807) is 4.90 Å². The molecule has 0 aromatic rings. The molecule has 2 aliphatic heterocycles. The third kappa shape index (κ3) is 2.44. The largest absolute Gasteiger partial charge is 0.480 e. The lowest BCUT2D eigenvalue weighted by atomic mass is 9.87. The molecule has 2 heterocycles. The molecular formula is C12H20N2O3. The normalized spacial score (nSPS) is 27.4. The van der Waals surface area contributed by atoms with E-state index in [2.05, 4.69) is 5.32 Å². The smallest absolute Gasteiger partial charge is 0.326 e. The van der Waals surface area contributed by atoms with Gasteiger partial charge in [0.1, 0.15) is 6.04 Å². The minimum Gasteiger partial charge on any atom is -0.480 e. The molecule has 2 N–H and O–H groups in total. The molecule has 2 saturated heterocycles. The van der Waals surface area contributed by atoms with Gasteiger partial charge in [0.2, 0.25) is 5.91 Å². The van der Waals surface area contributed by atoms with Crippen molar-refractivity contribution in [1.29, 1.82) is 0 Å². The molecule has 0 radical (unpaired) electrons. The van der Waals surface area contributed by atoms with Crippen molar-refractivity contribution in [3.63, 3.8) is 0 Å². The first kappa shape index (κ1) is 12.4. The maximum atomic E-state index is 12.3. The summed E-state index contributed by atoms with van der Waals surface area (Å²) in [7, 11) is 0. The van der Waals surface area contributed by atoms with Gasteiger partial charge in [0.15, 0.2) is 0 Å². The summed E-state index contributed by atoms with van der Waals surface area (Å²) in [6, 6.07) is -0.605. The van der Waals surface area contributed by atoms with Gasteiger partial charge in [-0.3, -0.25) is 4.79 Å². The van der Waals surface area contributed by atoms with Crippen LogP contribution in [0.5, 0.6) is 0 Å². The Kier molecular flexibility index (Phi) is 3.66. The predicted octanol–water partition coefficient (Wildman–Crippen LogP) is 0.308. The second kappa shape index (κ2) is 5.04. The standard InChI is InChI=1S/C12H20N2O3/c1-8(9-6-13-7-9)11(15)14-5-3-2-4-10(14)12(16)17/h8-10,13H,2-7H2,1H3,(H,16,17)/t8?,10-/m0/s1. The van der Waals surface area contributed by atoms with Crippen LogP contribution in [-0.4, -0.2) is 47.6 Å². The molecule has 0 aromatic carbocycles. The first-order valence-corrected chi connectivity index (χ1v) is 6.35. The summed E-state index contributed by atoms with van der Waals surface area (Å²) < 4.78 is 0. The highest BCUT2D eigenvalue weighted by Gasteiger charge is 2.37. The first-order valence-electron chi connectivity index (χ1n) is 6.35. The van der Waals surface area contributed by atoms with Crippen LogP contribution < -0.4 is 5.32 Å². The number of piperidine rings is 1. The molecular weight excluding hydrogens is 220 g/mol.